The summed E-state index contributed by atoms with van der Waals surface area (Å²) in [6, 6.07) is 13.6. The number of nitrogens with two attached hydrogens (primary N) is 1. The molecule has 4 aromatic heterocycles. The van der Waals surface area contributed by atoms with E-state index in [1.807, 2.05) is 28.5 Å². The van der Waals surface area contributed by atoms with E-state index in [0.717, 1.165) is 68.1 Å². The summed E-state index contributed by atoms with van der Waals surface area (Å²) in [5.41, 5.74) is 7.62. The maximum absolute atomic E-state index is 16.6. The number of pyridine rings is 2. The molecule has 2 saturated carbocycles. The van der Waals surface area contributed by atoms with E-state index in [-0.39, 0.29) is 36.1 Å². The average Bonchev–Trinajstić information content (AvgIpc) is 3.61. The number of carbonyl (C=O) groups is 2. The van der Waals surface area contributed by atoms with Crippen LogP contribution in [0.5, 0.6) is 0 Å². The van der Waals surface area contributed by atoms with Gasteiger partial charge in [0.15, 0.2) is 5.82 Å². The van der Waals surface area contributed by atoms with Crippen molar-refractivity contribution >= 4 is 33.9 Å². The van der Waals surface area contributed by atoms with Gasteiger partial charge in [0.25, 0.3) is 11.8 Å². The molecule has 12 heteroatoms. The number of hydrogen-bond donors (Lipinski definition) is 2. The molecular weight excluding hydrogens is 662 g/mol. The molecule has 0 unspecified atom stereocenters. The van der Waals surface area contributed by atoms with Gasteiger partial charge in [-0.05, 0) is 107 Å². The lowest BCUT2D eigenvalue weighted by molar-refractivity contribution is -0.135. The number of nitrogens with zero attached hydrogens (tertiary/aromatic N) is 6. The van der Waals surface area contributed by atoms with Crippen molar-refractivity contribution in [3.05, 3.63) is 77.5 Å². The van der Waals surface area contributed by atoms with Crippen LogP contribution in [0.4, 0.5) is 8.78 Å². The fourth-order valence-corrected chi connectivity index (χ4v) is 8.90. The second-order valence-electron chi connectivity index (χ2n) is 15.4. The van der Waals surface area contributed by atoms with Crippen molar-refractivity contribution in [2.24, 2.45) is 11.7 Å². The van der Waals surface area contributed by atoms with Crippen LogP contribution in [-0.2, 0) is 17.0 Å². The number of imidazole rings is 1. The molecule has 10 nitrogen and oxygen atoms in total. The van der Waals surface area contributed by atoms with Crippen LogP contribution < -0.4 is 11.1 Å². The summed E-state index contributed by atoms with van der Waals surface area (Å²) >= 11 is 0. The molecular formula is C40H44F2N8O2. The molecule has 2 aliphatic heterocycles. The number of fused-ring (bicyclic) bond motifs is 4. The number of nitrogens with one attached hydrogen (secondary N) is 1. The van der Waals surface area contributed by atoms with Crippen LogP contribution in [0.1, 0.15) is 105 Å². The van der Waals surface area contributed by atoms with E-state index >= 15 is 8.78 Å². The summed E-state index contributed by atoms with van der Waals surface area (Å²) in [4.78, 5) is 43.6. The van der Waals surface area contributed by atoms with Crippen molar-refractivity contribution in [3.8, 4) is 11.5 Å². The third-order valence-corrected chi connectivity index (χ3v) is 11.9. The fourth-order valence-electron chi connectivity index (χ4n) is 8.90. The number of benzene rings is 1. The lowest BCUT2D eigenvalue weighted by Gasteiger charge is -2.37. The number of hydrogen-bond acceptors (Lipinski definition) is 6. The normalized spacial score (nSPS) is 26.9. The molecule has 2 amide bonds. The molecule has 1 saturated heterocycles. The number of likely N-dealkylation sites (tertiary alicyclic amines) is 1. The molecule has 9 rings (SSSR count). The summed E-state index contributed by atoms with van der Waals surface area (Å²) < 4.78 is 37.0. The van der Waals surface area contributed by atoms with Crippen LogP contribution >= 0.6 is 0 Å². The van der Waals surface area contributed by atoms with E-state index in [4.69, 9.17) is 15.7 Å². The third kappa shape index (κ3) is 5.57. The lowest BCUT2D eigenvalue weighted by atomic mass is 9.92. The van der Waals surface area contributed by atoms with Crippen LogP contribution in [0.2, 0.25) is 0 Å². The Morgan fingerprint density at radius 1 is 1.00 bits per heavy atom. The van der Waals surface area contributed by atoms with Crippen LogP contribution in [0.15, 0.2) is 54.7 Å². The molecule has 5 aromatic rings. The van der Waals surface area contributed by atoms with Gasteiger partial charge in [0.05, 0.1) is 28.6 Å². The molecule has 4 aliphatic rings. The number of alkyl halides is 1. The predicted molar refractivity (Wildman–Crippen MR) is 193 cm³/mol. The summed E-state index contributed by atoms with van der Waals surface area (Å²) in [6.45, 7) is 2.93. The van der Waals surface area contributed by atoms with Crippen LogP contribution in [0.25, 0.3) is 33.6 Å². The Morgan fingerprint density at radius 3 is 2.63 bits per heavy atom. The van der Waals surface area contributed by atoms with Gasteiger partial charge in [-0.2, -0.15) is 0 Å². The fraction of sp³-hybridized carbons (Fsp3) is 0.475. The van der Waals surface area contributed by atoms with E-state index < -0.39 is 23.4 Å². The Morgan fingerprint density at radius 2 is 1.83 bits per heavy atom. The molecule has 4 bridgehead atoms. The molecule has 52 heavy (non-hydrogen) atoms. The van der Waals surface area contributed by atoms with Gasteiger partial charge in [-0.25, -0.2) is 18.7 Å². The summed E-state index contributed by atoms with van der Waals surface area (Å²) in [5, 5.41) is 3.78. The minimum absolute atomic E-state index is 0.0300. The minimum atomic E-state index is -2.25. The van der Waals surface area contributed by atoms with E-state index in [1.54, 1.807) is 24.3 Å². The van der Waals surface area contributed by atoms with Crippen LogP contribution in [0.3, 0.4) is 0 Å². The number of carbonyl (C=O) groups excluding carboxylic acids is 2. The van der Waals surface area contributed by atoms with Gasteiger partial charge in [0.2, 0.25) is 5.67 Å². The number of amides is 2. The molecule has 270 valence electrons. The second-order valence-corrected chi connectivity index (χ2v) is 15.4. The van der Waals surface area contributed by atoms with Gasteiger partial charge in [0, 0.05) is 48.4 Å². The quantitative estimate of drug-likeness (QED) is 0.210. The Hall–Kier alpha value is -4.71. The number of rotatable bonds is 4. The number of piperidine rings is 1. The number of aromatic nitrogens is 5. The van der Waals surface area contributed by atoms with Crippen molar-refractivity contribution in [1.29, 1.82) is 0 Å². The molecule has 6 heterocycles. The summed E-state index contributed by atoms with van der Waals surface area (Å²) in [7, 11) is 0. The van der Waals surface area contributed by atoms with Gasteiger partial charge in [-0.1, -0.05) is 18.9 Å². The van der Waals surface area contributed by atoms with Crippen molar-refractivity contribution in [1.82, 2.24) is 34.3 Å². The highest BCUT2D eigenvalue weighted by Gasteiger charge is 2.43. The molecule has 2 aliphatic carbocycles. The molecule has 0 radical (unpaired) electrons. The highest BCUT2D eigenvalue weighted by atomic mass is 19.1. The maximum Gasteiger partial charge on any atom is 0.264 e. The van der Waals surface area contributed by atoms with E-state index in [9.17, 15) is 9.59 Å². The zero-order valence-corrected chi connectivity index (χ0v) is 29.4. The SMILES string of the molecule is C[C@H]1NC(=O)[C@@](F)(c2ccccn2)CCCCCCn2c(-c3nc4cc(C(=O)N5C[C@H](N)[C@@H]6CC[C@H]5C6)cc(F)c4n3C3CC3)cc3ccc1nc32. The number of halogens is 2. The van der Waals surface area contributed by atoms with E-state index in [2.05, 4.69) is 20.9 Å². The standard InChI is InChI=1S/C40H44F2N8O2/c1-23-31-14-10-25-21-33(48(36(25)46-31)17-7-3-2-5-15-40(42,39(52)45-23)34-8-4-6-16-44-34)37-47-32-20-26(19-29(41)35(32)50(37)27-12-13-27)38(51)49-22-30(43)24-9-11-28(49)18-24/h4,6,8,10,14,16,19-21,23-24,27-28,30H,2-3,5,7,9,11-13,15,17-18,22,43H2,1H3,(H,45,52)/t23-,24-,28+,30+,40+/m1/s1. The van der Waals surface area contributed by atoms with Gasteiger partial charge in [-0.3, -0.25) is 14.6 Å². The Bertz CT molecular complexity index is 2200. The average molecular weight is 707 g/mol. The van der Waals surface area contributed by atoms with Gasteiger partial charge in [-0.15, -0.1) is 0 Å². The smallest absolute Gasteiger partial charge is 0.264 e. The maximum atomic E-state index is 16.6. The zero-order valence-electron chi connectivity index (χ0n) is 29.4. The highest BCUT2D eigenvalue weighted by molar-refractivity contribution is 5.98. The zero-order chi connectivity index (χ0) is 35.7. The lowest BCUT2D eigenvalue weighted by Crippen LogP contribution is -2.51. The largest absolute Gasteiger partial charge is 0.345 e. The Balaban J connectivity index is 1.11. The Labute approximate surface area is 300 Å². The first-order valence-electron chi connectivity index (χ1n) is 18.9. The second kappa shape index (κ2) is 12.8. The third-order valence-electron chi connectivity index (χ3n) is 11.9. The first kappa shape index (κ1) is 33.1. The predicted octanol–water partition coefficient (Wildman–Crippen LogP) is 6.88. The van der Waals surface area contributed by atoms with E-state index in [0.29, 0.717) is 53.5 Å². The Kier molecular flexibility index (Phi) is 8.13. The van der Waals surface area contributed by atoms with Crippen molar-refractivity contribution in [2.75, 3.05) is 6.54 Å². The molecule has 0 spiro atoms. The summed E-state index contributed by atoms with van der Waals surface area (Å²) in [5.74, 6) is -0.252. The van der Waals surface area contributed by atoms with Gasteiger partial charge >= 0.3 is 0 Å². The van der Waals surface area contributed by atoms with Crippen molar-refractivity contribution < 1.29 is 18.4 Å². The molecule has 5 atom stereocenters. The van der Waals surface area contributed by atoms with Gasteiger partial charge < -0.3 is 25.1 Å². The highest BCUT2D eigenvalue weighted by Crippen LogP contribution is 2.44. The van der Waals surface area contributed by atoms with Crippen molar-refractivity contribution in [2.45, 2.75) is 108 Å². The first-order valence-corrected chi connectivity index (χ1v) is 18.9. The molecule has 1 aromatic carbocycles. The molecule has 3 N–H and O–H groups in total. The monoisotopic (exact) mass is 706 g/mol. The minimum Gasteiger partial charge on any atom is -0.345 e. The number of aryl methyl sites for hydroxylation is 1. The van der Waals surface area contributed by atoms with E-state index in [1.165, 1.54) is 12.3 Å². The van der Waals surface area contributed by atoms with Crippen LogP contribution in [-0.4, -0.2) is 59.4 Å². The van der Waals surface area contributed by atoms with Crippen molar-refractivity contribution in [3.63, 3.8) is 0 Å². The first-order chi connectivity index (χ1) is 25.2. The topological polar surface area (TPSA) is 124 Å². The molecule has 3 fully saturated rings. The van der Waals surface area contributed by atoms with Crippen LogP contribution in [0, 0.1) is 11.7 Å². The summed E-state index contributed by atoms with van der Waals surface area (Å²) in [6.07, 6.45) is 9.12. The van der Waals surface area contributed by atoms with Gasteiger partial charge in [0.1, 0.15) is 17.0 Å².